The summed E-state index contributed by atoms with van der Waals surface area (Å²) in [5.74, 6) is -0.939. The van der Waals surface area contributed by atoms with Gasteiger partial charge in [0.2, 0.25) is 5.91 Å². The summed E-state index contributed by atoms with van der Waals surface area (Å²) >= 11 is 1.17. The number of methoxy groups -OCH3 is 1. The zero-order valence-corrected chi connectivity index (χ0v) is 19.4. The molecule has 10 heteroatoms. The van der Waals surface area contributed by atoms with Crippen molar-refractivity contribution in [3.63, 3.8) is 0 Å². The van der Waals surface area contributed by atoms with E-state index in [4.69, 9.17) is 0 Å². The van der Waals surface area contributed by atoms with E-state index < -0.39 is 11.8 Å². The number of carbonyl (C=O) groups is 2. The monoisotopic (exact) mass is 494 g/mol. The number of halogens is 2. The molecule has 0 spiro atoms. The van der Waals surface area contributed by atoms with E-state index in [-0.39, 0.29) is 24.0 Å². The highest BCUT2D eigenvalue weighted by molar-refractivity contribution is 7.99. The first kappa shape index (κ1) is 24.1. The van der Waals surface area contributed by atoms with Crippen LogP contribution in [0, 0.1) is 11.6 Å². The molecule has 0 atom stereocenters. The van der Waals surface area contributed by atoms with E-state index in [1.54, 1.807) is 53.1 Å². The first-order valence-electron chi connectivity index (χ1n) is 10.5. The van der Waals surface area contributed by atoms with Crippen molar-refractivity contribution in [3.05, 3.63) is 95.6 Å². The summed E-state index contributed by atoms with van der Waals surface area (Å²) in [6.45, 7) is 0.284. The van der Waals surface area contributed by atoms with Gasteiger partial charge in [0.25, 0.3) is 0 Å². The second-order valence-electron chi connectivity index (χ2n) is 7.38. The summed E-state index contributed by atoms with van der Waals surface area (Å²) in [6.07, 6.45) is 0. The van der Waals surface area contributed by atoms with Crippen LogP contribution >= 0.6 is 11.8 Å². The van der Waals surface area contributed by atoms with Crippen molar-refractivity contribution in [2.24, 2.45) is 0 Å². The predicted molar refractivity (Wildman–Crippen MR) is 127 cm³/mol. The maximum atomic E-state index is 13.5. The molecular weight excluding hydrogens is 474 g/mol. The minimum absolute atomic E-state index is 0.0585. The van der Waals surface area contributed by atoms with E-state index in [1.165, 1.54) is 43.1 Å². The van der Waals surface area contributed by atoms with Gasteiger partial charge in [-0.15, -0.1) is 10.2 Å². The molecule has 0 unspecified atom stereocenters. The van der Waals surface area contributed by atoms with Gasteiger partial charge in [0.1, 0.15) is 11.6 Å². The Kier molecular flexibility index (Phi) is 7.51. The van der Waals surface area contributed by atoms with E-state index >= 15 is 0 Å². The fourth-order valence-electron chi connectivity index (χ4n) is 3.23. The number of esters is 1. The highest BCUT2D eigenvalue weighted by Crippen LogP contribution is 2.28. The van der Waals surface area contributed by atoms with Crippen molar-refractivity contribution in [2.45, 2.75) is 11.7 Å². The number of nitrogens with zero attached hydrogens (tertiary/aromatic N) is 3. The molecule has 1 amide bonds. The molecule has 7 nitrogen and oxygen atoms in total. The third kappa shape index (κ3) is 5.90. The molecule has 0 aliphatic carbocycles. The van der Waals surface area contributed by atoms with Gasteiger partial charge in [-0.2, -0.15) is 0 Å². The Hall–Kier alpha value is -4.05. The first-order chi connectivity index (χ1) is 16.9. The molecule has 0 saturated carbocycles. The summed E-state index contributed by atoms with van der Waals surface area (Å²) in [4.78, 5) is 24.0. The minimum Gasteiger partial charge on any atom is -0.465 e. The van der Waals surface area contributed by atoms with Crippen molar-refractivity contribution in [2.75, 3.05) is 12.9 Å². The fraction of sp³-hybridized carbons (Fsp3) is 0.120. The topological polar surface area (TPSA) is 86.1 Å². The summed E-state index contributed by atoms with van der Waals surface area (Å²) < 4.78 is 33.3. The van der Waals surface area contributed by atoms with Crippen LogP contribution in [-0.4, -0.2) is 39.5 Å². The molecule has 0 aliphatic heterocycles. The predicted octanol–water partition coefficient (Wildman–Crippen LogP) is 4.41. The fourth-order valence-corrected chi connectivity index (χ4v) is 4.01. The van der Waals surface area contributed by atoms with Crippen molar-refractivity contribution in [1.82, 2.24) is 20.1 Å². The zero-order valence-electron chi connectivity index (χ0n) is 18.6. The van der Waals surface area contributed by atoms with Crippen molar-refractivity contribution < 1.29 is 23.1 Å². The number of thioether (sulfide) groups is 1. The molecule has 1 heterocycles. The summed E-state index contributed by atoms with van der Waals surface area (Å²) in [6, 6.07) is 18.3. The SMILES string of the molecule is COC(=O)c1ccc(CNC(=O)CSc2nnc(-c3ccc(F)cc3)n2-c2ccc(F)cc2)cc1. The van der Waals surface area contributed by atoms with E-state index in [9.17, 15) is 18.4 Å². The van der Waals surface area contributed by atoms with Crippen molar-refractivity contribution >= 4 is 23.6 Å². The van der Waals surface area contributed by atoms with Crippen LogP contribution < -0.4 is 5.32 Å². The first-order valence-corrected chi connectivity index (χ1v) is 11.5. The van der Waals surface area contributed by atoms with Crippen molar-refractivity contribution in [3.8, 4) is 17.1 Å². The molecule has 0 aliphatic rings. The lowest BCUT2D eigenvalue weighted by molar-refractivity contribution is -0.118. The van der Waals surface area contributed by atoms with Crippen molar-refractivity contribution in [1.29, 1.82) is 0 Å². The van der Waals surface area contributed by atoms with Gasteiger partial charge in [0, 0.05) is 17.8 Å². The lowest BCUT2D eigenvalue weighted by Gasteiger charge is -2.11. The van der Waals surface area contributed by atoms with Gasteiger partial charge in [-0.25, -0.2) is 13.6 Å². The van der Waals surface area contributed by atoms with Gasteiger partial charge >= 0.3 is 5.97 Å². The highest BCUT2D eigenvalue weighted by Gasteiger charge is 2.17. The molecule has 0 bridgehead atoms. The lowest BCUT2D eigenvalue weighted by atomic mass is 10.1. The molecule has 0 saturated heterocycles. The summed E-state index contributed by atoms with van der Waals surface area (Å²) in [5, 5.41) is 11.7. The number of benzene rings is 3. The summed E-state index contributed by atoms with van der Waals surface area (Å²) in [7, 11) is 1.31. The van der Waals surface area contributed by atoms with Crippen LogP contribution in [0.25, 0.3) is 17.1 Å². The maximum absolute atomic E-state index is 13.5. The maximum Gasteiger partial charge on any atom is 0.337 e. The van der Waals surface area contributed by atoms with Crippen LogP contribution in [0.3, 0.4) is 0 Å². The Labute approximate surface area is 204 Å². The van der Waals surface area contributed by atoms with Crippen LogP contribution in [0.2, 0.25) is 0 Å². The smallest absolute Gasteiger partial charge is 0.337 e. The molecule has 1 aromatic heterocycles. The molecule has 0 fully saturated rings. The Balaban J connectivity index is 1.46. The van der Waals surface area contributed by atoms with E-state index in [2.05, 4.69) is 20.3 Å². The summed E-state index contributed by atoms with van der Waals surface area (Å²) in [5.41, 5.74) is 2.47. The molecule has 3 aromatic carbocycles. The molecular formula is C25H20F2N4O3S. The Morgan fingerprint density at radius 1 is 0.914 bits per heavy atom. The molecule has 35 heavy (non-hydrogen) atoms. The average Bonchev–Trinajstić information content (AvgIpc) is 3.31. The van der Waals surface area contributed by atoms with Gasteiger partial charge in [-0.1, -0.05) is 23.9 Å². The number of hydrogen-bond acceptors (Lipinski definition) is 6. The van der Waals surface area contributed by atoms with Gasteiger partial charge < -0.3 is 10.1 Å². The largest absolute Gasteiger partial charge is 0.465 e. The van der Waals surface area contributed by atoms with Crippen LogP contribution in [-0.2, 0) is 16.1 Å². The molecule has 178 valence electrons. The number of nitrogens with one attached hydrogen (secondary N) is 1. The lowest BCUT2D eigenvalue weighted by Crippen LogP contribution is -2.24. The zero-order chi connectivity index (χ0) is 24.8. The van der Waals surface area contributed by atoms with Gasteiger partial charge in [-0.05, 0) is 66.2 Å². The number of carbonyl (C=O) groups excluding carboxylic acids is 2. The number of rotatable bonds is 8. The van der Waals surface area contributed by atoms with Crippen LogP contribution in [0.15, 0.2) is 78.0 Å². The number of amides is 1. The number of ether oxygens (including phenoxy) is 1. The van der Waals surface area contributed by atoms with Gasteiger partial charge in [-0.3, -0.25) is 9.36 Å². The van der Waals surface area contributed by atoms with Crippen LogP contribution in [0.1, 0.15) is 15.9 Å². The molecule has 4 rings (SSSR count). The third-order valence-electron chi connectivity index (χ3n) is 5.02. The minimum atomic E-state index is -0.428. The molecule has 4 aromatic rings. The van der Waals surface area contributed by atoms with Gasteiger partial charge in [0.15, 0.2) is 11.0 Å². The Morgan fingerprint density at radius 3 is 2.17 bits per heavy atom. The number of hydrogen-bond donors (Lipinski definition) is 1. The normalized spacial score (nSPS) is 10.7. The quantitative estimate of drug-likeness (QED) is 0.289. The van der Waals surface area contributed by atoms with E-state index in [0.29, 0.717) is 27.8 Å². The standard InChI is InChI=1S/C25H20F2N4O3S/c1-34-24(33)18-4-2-16(3-5-18)14-28-22(32)15-35-25-30-29-23(17-6-8-19(26)9-7-17)31(25)21-12-10-20(27)11-13-21/h2-13H,14-15H2,1H3,(H,28,32). The van der Waals surface area contributed by atoms with E-state index in [0.717, 1.165) is 5.56 Å². The highest BCUT2D eigenvalue weighted by atomic mass is 32.2. The van der Waals surface area contributed by atoms with Gasteiger partial charge in [0.05, 0.1) is 18.4 Å². The van der Waals surface area contributed by atoms with Crippen LogP contribution in [0.4, 0.5) is 8.78 Å². The third-order valence-corrected chi connectivity index (χ3v) is 5.95. The average molecular weight is 495 g/mol. The van der Waals surface area contributed by atoms with E-state index in [1.807, 2.05) is 0 Å². The second-order valence-corrected chi connectivity index (χ2v) is 8.32. The molecule has 0 radical (unpaired) electrons. The Bertz CT molecular complexity index is 1320. The Morgan fingerprint density at radius 2 is 1.54 bits per heavy atom. The number of aromatic nitrogens is 3. The second kappa shape index (κ2) is 10.9. The van der Waals surface area contributed by atoms with Crippen LogP contribution in [0.5, 0.6) is 0 Å². The molecule has 1 N–H and O–H groups in total.